The summed E-state index contributed by atoms with van der Waals surface area (Å²) in [6.45, 7) is 0.210. The molecular weight excluding hydrogens is 697 g/mol. The van der Waals surface area contributed by atoms with Crippen LogP contribution in [0.1, 0.15) is 21.5 Å². The predicted octanol–water partition coefficient (Wildman–Crippen LogP) is 4.98. The predicted molar refractivity (Wildman–Crippen MR) is 145 cm³/mol. The van der Waals surface area contributed by atoms with E-state index in [1.54, 1.807) is 24.3 Å². The summed E-state index contributed by atoms with van der Waals surface area (Å²) in [7, 11) is 0. The van der Waals surface area contributed by atoms with Gasteiger partial charge in [-0.25, -0.2) is 18.9 Å². The molecule has 2 N–H and O–H groups in total. The highest BCUT2D eigenvalue weighted by atomic mass is 127. The molecule has 4 rings (SSSR count). The van der Waals surface area contributed by atoms with Gasteiger partial charge in [0.25, 0.3) is 11.8 Å². The maximum absolute atomic E-state index is 13.3. The largest absolute Gasteiger partial charge is 0.487 e. The average Bonchev–Trinajstić information content (AvgIpc) is 2.82. The fourth-order valence-corrected chi connectivity index (χ4v) is 5.48. The number of amides is 4. The van der Waals surface area contributed by atoms with E-state index < -0.39 is 29.6 Å². The number of hydrogen-bond acceptors (Lipinski definition) is 5. The molecule has 0 unspecified atom stereocenters. The maximum atomic E-state index is 13.3. The van der Waals surface area contributed by atoms with Crippen molar-refractivity contribution in [3.63, 3.8) is 0 Å². The number of benzene rings is 3. The quantitative estimate of drug-likeness (QED) is 0.212. The first-order chi connectivity index (χ1) is 17.1. The third-order valence-electron chi connectivity index (χ3n) is 5.10. The molecule has 1 aliphatic heterocycles. The van der Waals surface area contributed by atoms with Crippen LogP contribution in [0.2, 0.25) is 0 Å². The Bertz CT molecular complexity index is 1400. The summed E-state index contributed by atoms with van der Waals surface area (Å²) in [5.74, 6) is -2.61. The van der Waals surface area contributed by atoms with E-state index in [0.29, 0.717) is 18.5 Å². The Kier molecular flexibility index (Phi) is 7.68. The highest BCUT2D eigenvalue weighted by Crippen LogP contribution is 2.31. The third kappa shape index (κ3) is 5.56. The van der Waals surface area contributed by atoms with E-state index in [2.05, 4.69) is 50.5 Å². The first kappa shape index (κ1) is 25.8. The van der Waals surface area contributed by atoms with Crippen molar-refractivity contribution in [1.82, 2.24) is 5.32 Å². The summed E-state index contributed by atoms with van der Waals surface area (Å²) in [5, 5.41) is 11.1. The van der Waals surface area contributed by atoms with Crippen molar-refractivity contribution in [2.75, 3.05) is 4.90 Å². The number of carbonyl (C=O) groups is 4. The molecule has 8 nitrogen and oxygen atoms in total. The fraction of sp³-hybridized carbons (Fsp3) is 0.0400. The van der Waals surface area contributed by atoms with Crippen LogP contribution in [0.5, 0.6) is 5.75 Å². The van der Waals surface area contributed by atoms with E-state index in [1.165, 1.54) is 30.3 Å². The Morgan fingerprint density at radius 1 is 1.00 bits per heavy atom. The van der Waals surface area contributed by atoms with Gasteiger partial charge in [-0.2, -0.15) is 0 Å². The Balaban J connectivity index is 1.57. The molecular formula is C25H15FI2N2O6. The number of carbonyl (C=O) groups excluding carboxylic acids is 3. The van der Waals surface area contributed by atoms with Crippen molar-refractivity contribution in [3.8, 4) is 5.75 Å². The Morgan fingerprint density at radius 2 is 1.61 bits per heavy atom. The van der Waals surface area contributed by atoms with Crippen LogP contribution < -0.4 is 15.0 Å². The summed E-state index contributed by atoms with van der Waals surface area (Å²) in [4.78, 5) is 49.5. The molecule has 0 saturated carbocycles. The lowest BCUT2D eigenvalue weighted by molar-refractivity contribution is -0.122. The van der Waals surface area contributed by atoms with Crippen molar-refractivity contribution in [3.05, 3.63) is 95.9 Å². The highest BCUT2D eigenvalue weighted by molar-refractivity contribution is 14.1. The van der Waals surface area contributed by atoms with E-state index in [4.69, 9.17) is 9.84 Å². The number of imide groups is 2. The number of urea groups is 1. The van der Waals surface area contributed by atoms with Crippen molar-refractivity contribution >= 4 is 80.8 Å². The molecule has 36 heavy (non-hydrogen) atoms. The van der Waals surface area contributed by atoms with Crippen LogP contribution in [0.15, 0.2) is 66.2 Å². The van der Waals surface area contributed by atoms with Crippen LogP contribution in [0, 0.1) is 13.0 Å². The van der Waals surface area contributed by atoms with Crippen LogP contribution in [-0.4, -0.2) is 28.9 Å². The standard InChI is InChI=1S/C25H15FI2N2O6/c26-16-5-7-17(8-6-16)30-23(32)18(22(31)29-25(30)35)9-14-10-19(27)21(20(28)11-14)36-12-13-1-3-15(4-2-13)24(33)34/h1-11H,12H2,(H,33,34)(H,29,31,35)/b18-9+. The van der Waals surface area contributed by atoms with Gasteiger partial charge in [0.05, 0.1) is 18.4 Å². The molecule has 3 aromatic rings. The van der Waals surface area contributed by atoms with Crippen molar-refractivity contribution in [2.45, 2.75) is 6.61 Å². The number of aromatic carboxylic acids is 1. The van der Waals surface area contributed by atoms with Crippen LogP contribution >= 0.6 is 45.2 Å². The van der Waals surface area contributed by atoms with Crippen molar-refractivity contribution in [2.24, 2.45) is 0 Å². The second-order valence-corrected chi connectivity index (χ2v) is 9.86. The van der Waals surface area contributed by atoms with E-state index in [1.807, 2.05) is 0 Å². The number of barbiturate groups is 1. The number of nitrogens with one attached hydrogen (secondary N) is 1. The van der Waals surface area contributed by atoms with Gasteiger partial charge >= 0.3 is 12.0 Å². The maximum Gasteiger partial charge on any atom is 0.335 e. The lowest BCUT2D eigenvalue weighted by Crippen LogP contribution is -2.54. The summed E-state index contributed by atoms with van der Waals surface area (Å²) >= 11 is 4.14. The van der Waals surface area contributed by atoms with Gasteiger partial charge in [0.1, 0.15) is 23.7 Å². The molecule has 4 amide bonds. The second-order valence-electron chi connectivity index (χ2n) is 7.54. The number of carboxylic acids is 1. The number of anilines is 1. The number of ether oxygens (including phenoxy) is 1. The average molecular weight is 712 g/mol. The topological polar surface area (TPSA) is 113 Å². The van der Waals surface area contributed by atoms with E-state index >= 15 is 0 Å². The normalized spacial score (nSPS) is 14.7. The molecule has 1 aliphatic rings. The number of hydrogen-bond donors (Lipinski definition) is 2. The minimum atomic E-state index is -1.01. The molecule has 0 atom stereocenters. The third-order valence-corrected chi connectivity index (χ3v) is 6.70. The SMILES string of the molecule is O=C1NC(=O)N(c2ccc(F)cc2)C(=O)/C1=C/c1cc(I)c(OCc2ccc(C(=O)O)cc2)c(I)c1. The Hall–Kier alpha value is -3.33. The number of nitrogens with zero attached hydrogens (tertiary/aromatic N) is 1. The molecule has 1 saturated heterocycles. The minimum absolute atomic E-state index is 0.126. The fourth-order valence-electron chi connectivity index (χ4n) is 3.35. The summed E-state index contributed by atoms with van der Waals surface area (Å²) in [5.41, 5.74) is 1.38. The van der Waals surface area contributed by atoms with Gasteiger partial charge in [0.15, 0.2) is 0 Å². The summed E-state index contributed by atoms with van der Waals surface area (Å²) < 4.78 is 20.6. The van der Waals surface area contributed by atoms with E-state index in [-0.39, 0.29) is 23.4 Å². The molecule has 1 fully saturated rings. The summed E-state index contributed by atoms with van der Waals surface area (Å²) in [6.07, 6.45) is 1.37. The smallest absolute Gasteiger partial charge is 0.335 e. The van der Waals surface area contributed by atoms with Crippen LogP contribution in [0.25, 0.3) is 6.08 Å². The van der Waals surface area contributed by atoms with Gasteiger partial charge in [-0.05, 0) is 111 Å². The zero-order chi connectivity index (χ0) is 26.0. The lowest BCUT2D eigenvalue weighted by atomic mass is 10.1. The monoisotopic (exact) mass is 712 g/mol. The molecule has 0 aliphatic carbocycles. The zero-order valence-corrected chi connectivity index (χ0v) is 22.4. The minimum Gasteiger partial charge on any atom is -0.487 e. The van der Waals surface area contributed by atoms with Crippen LogP contribution in [-0.2, 0) is 16.2 Å². The molecule has 0 spiro atoms. The Labute approximate surface area is 231 Å². The lowest BCUT2D eigenvalue weighted by Gasteiger charge is -2.26. The highest BCUT2D eigenvalue weighted by Gasteiger charge is 2.36. The van der Waals surface area contributed by atoms with Gasteiger partial charge in [0.2, 0.25) is 0 Å². The second kappa shape index (κ2) is 10.7. The van der Waals surface area contributed by atoms with Crippen molar-refractivity contribution < 1.29 is 33.4 Å². The van der Waals surface area contributed by atoms with Gasteiger partial charge in [-0.3, -0.25) is 14.9 Å². The van der Waals surface area contributed by atoms with E-state index in [9.17, 15) is 23.6 Å². The number of carboxylic acid groups (broad SMARTS) is 1. The summed E-state index contributed by atoms with van der Waals surface area (Å²) in [6, 6.07) is 13.6. The van der Waals surface area contributed by atoms with E-state index in [0.717, 1.165) is 22.6 Å². The van der Waals surface area contributed by atoms with Gasteiger partial charge in [-0.1, -0.05) is 12.1 Å². The molecule has 11 heteroatoms. The first-order valence-corrected chi connectivity index (χ1v) is 12.4. The Morgan fingerprint density at radius 3 is 2.19 bits per heavy atom. The first-order valence-electron chi connectivity index (χ1n) is 10.2. The van der Waals surface area contributed by atoms with Gasteiger partial charge in [-0.15, -0.1) is 0 Å². The van der Waals surface area contributed by atoms with Gasteiger partial charge in [0, 0.05) is 0 Å². The molecule has 1 heterocycles. The molecule has 0 radical (unpaired) electrons. The van der Waals surface area contributed by atoms with Gasteiger partial charge < -0.3 is 9.84 Å². The molecule has 182 valence electrons. The molecule has 3 aromatic carbocycles. The van der Waals surface area contributed by atoms with Crippen LogP contribution in [0.3, 0.4) is 0 Å². The molecule has 0 aromatic heterocycles. The molecule has 0 bridgehead atoms. The number of halogens is 3. The zero-order valence-electron chi connectivity index (χ0n) is 18.1. The van der Waals surface area contributed by atoms with Crippen LogP contribution in [0.4, 0.5) is 14.9 Å². The van der Waals surface area contributed by atoms with Crippen molar-refractivity contribution in [1.29, 1.82) is 0 Å². The number of rotatable bonds is 6.